The average molecular weight is 450 g/mol. The summed E-state index contributed by atoms with van der Waals surface area (Å²) in [6.07, 6.45) is 0.824. The van der Waals surface area contributed by atoms with E-state index in [1.54, 1.807) is 49.6 Å². The fraction of sp³-hybridized carbons (Fsp3) is 0.231. The lowest BCUT2D eigenvalue weighted by Crippen LogP contribution is -2.12. The summed E-state index contributed by atoms with van der Waals surface area (Å²) >= 11 is 0. The lowest BCUT2D eigenvalue weighted by atomic mass is 10.2. The maximum Gasteiger partial charge on any atom is 0.347 e. The van der Waals surface area contributed by atoms with Gasteiger partial charge in [0.25, 0.3) is 0 Å². The van der Waals surface area contributed by atoms with Gasteiger partial charge in [-0.2, -0.15) is 0 Å². The van der Waals surface area contributed by atoms with Gasteiger partial charge in [-0.1, -0.05) is 18.2 Å². The molecule has 3 aromatic rings. The zero-order chi connectivity index (χ0) is 23.6. The molecular weight excluding hydrogens is 424 g/mol. The highest BCUT2D eigenvalue weighted by Crippen LogP contribution is 2.26. The number of rotatable bonds is 10. The number of para-hydroxylation sites is 1. The van der Waals surface area contributed by atoms with Gasteiger partial charge >= 0.3 is 11.9 Å². The molecule has 3 rings (SSSR count). The minimum Gasteiger partial charge on any atom is -0.496 e. The van der Waals surface area contributed by atoms with Crippen molar-refractivity contribution in [3.63, 3.8) is 0 Å². The van der Waals surface area contributed by atoms with Gasteiger partial charge in [0.05, 0.1) is 25.4 Å². The molecule has 0 bridgehead atoms. The van der Waals surface area contributed by atoms with Crippen LogP contribution in [-0.2, 0) is 4.74 Å². The lowest BCUT2D eigenvalue weighted by Gasteiger charge is -2.13. The van der Waals surface area contributed by atoms with Crippen molar-refractivity contribution in [3.8, 4) is 23.0 Å². The molecule has 33 heavy (non-hydrogen) atoms. The summed E-state index contributed by atoms with van der Waals surface area (Å²) in [6, 6.07) is 19.8. The van der Waals surface area contributed by atoms with E-state index >= 15 is 0 Å². The molecule has 0 saturated carbocycles. The van der Waals surface area contributed by atoms with Crippen molar-refractivity contribution in [2.24, 2.45) is 0 Å². The van der Waals surface area contributed by atoms with E-state index in [1.807, 2.05) is 13.0 Å². The van der Waals surface area contributed by atoms with Crippen molar-refractivity contribution in [2.75, 3.05) is 20.8 Å². The first-order valence-electron chi connectivity index (χ1n) is 10.4. The summed E-state index contributed by atoms with van der Waals surface area (Å²) in [6.45, 7) is 2.43. The average Bonchev–Trinajstić information content (AvgIpc) is 2.84. The molecule has 1 atom stereocenters. The first kappa shape index (κ1) is 23.8. The van der Waals surface area contributed by atoms with Gasteiger partial charge in [-0.15, -0.1) is 0 Å². The standard InChI is InChI=1S/C26H26O7/c1-18(29-2)15-16-31-22-13-14-23(24(17-22)30-3)26(28)33-21-11-9-19(10-12-21)25(27)32-20-7-5-4-6-8-20/h4-14,17-18H,15-16H2,1-3H3. The fourth-order valence-corrected chi connectivity index (χ4v) is 2.87. The van der Waals surface area contributed by atoms with E-state index in [4.69, 9.17) is 23.7 Å². The van der Waals surface area contributed by atoms with Gasteiger partial charge in [0.2, 0.25) is 0 Å². The molecule has 0 aliphatic heterocycles. The van der Waals surface area contributed by atoms with E-state index in [0.29, 0.717) is 29.4 Å². The Morgan fingerprint density at radius 1 is 0.788 bits per heavy atom. The summed E-state index contributed by atoms with van der Waals surface area (Å²) in [7, 11) is 3.12. The van der Waals surface area contributed by atoms with Crippen LogP contribution in [0.15, 0.2) is 72.8 Å². The second kappa shape index (κ2) is 11.7. The third-order valence-corrected chi connectivity index (χ3v) is 4.84. The van der Waals surface area contributed by atoms with Crippen LogP contribution in [-0.4, -0.2) is 38.9 Å². The predicted octanol–water partition coefficient (Wildman–Crippen LogP) is 4.94. The number of benzene rings is 3. The molecule has 7 nitrogen and oxygen atoms in total. The molecule has 0 N–H and O–H groups in total. The Kier molecular flexibility index (Phi) is 8.43. The van der Waals surface area contributed by atoms with Crippen molar-refractivity contribution in [3.05, 3.63) is 83.9 Å². The minimum atomic E-state index is -0.592. The zero-order valence-electron chi connectivity index (χ0n) is 18.8. The fourth-order valence-electron chi connectivity index (χ4n) is 2.87. The van der Waals surface area contributed by atoms with Crippen LogP contribution in [0, 0.1) is 0 Å². The maximum atomic E-state index is 12.7. The SMILES string of the molecule is COc1cc(OCCC(C)OC)ccc1C(=O)Oc1ccc(C(=O)Oc2ccccc2)cc1. The Bertz CT molecular complexity index is 1060. The summed E-state index contributed by atoms with van der Waals surface area (Å²) in [5.74, 6) is 0.550. The summed E-state index contributed by atoms with van der Waals surface area (Å²) in [5, 5.41) is 0. The van der Waals surface area contributed by atoms with E-state index in [1.165, 1.54) is 31.4 Å². The normalized spacial score (nSPS) is 11.4. The van der Waals surface area contributed by atoms with Gasteiger partial charge in [0.15, 0.2) is 0 Å². The molecule has 0 saturated heterocycles. The second-order valence-electron chi connectivity index (χ2n) is 7.16. The topological polar surface area (TPSA) is 80.3 Å². The zero-order valence-corrected chi connectivity index (χ0v) is 18.8. The quantitative estimate of drug-likeness (QED) is 0.320. The highest BCUT2D eigenvalue weighted by atomic mass is 16.5. The van der Waals surface area contributed by atoms with Crippen LogP contribution in [0.2, 0.25) is 0 Å². The van der Waals surface area contributed by atoms with Gasteiger partial charge < -0.3 is 23.7 Å². The Morgan fingerprint density at radius 2 is 1.42 bits per heavy atom. The molecule has 0 fully saturated rings. The molecular formula is C26H26O7. The first-order valence-corrected chi connectivity index (χ1v) is 10.4. The lowest BCUT2D eigenvalue weighted by molar-refractivity contribution is 0.0728. The Balaban J connectivity index is 1.61. The second-order valence-corrected chi connectivity index (χ2v) is 7.16. The number of ether oxygens (including phenoxy) is 5. The van der Waals surface area contributed by atoms with E-state index in [9.17, 15) is 9.59 Å². The van der Waals surface area contributed by atoms with Gasteiger partial charge in [-0.25, -0.2) is 9.59 Å². The monoisotopic (exact) mass is 450 g/mol. The number of methoxy groups -OCH3 is 2. The van der Waals surface area contributed by atoms with Crippen LogP contribution in [0.4, 0.5) is 0 Å². The molecule has 0 radical (unpaired) electrons. The molecule has 172 valence electrons. The molecule has 0 aliphatic rings. The number of hydrogen-bond acceptors (Lipinski definition) is 7. The molecule has 0 spiro atoms. The highest BCUT2D eigenvalue weighted by molar-refractivity contribution is 5.94. The van der Waals surface area contributed by atoms with Crippen LogP contribution >= 0.6 is 0 Å². The van der Waals surface area contributed by atoms with Crippen molar-refractivity contribution in [2.45, 2.75) is 19.4 Å². The van der Waals surface area contributed by atoms with Gasteiger partial charge in [-0.3, -0.25) is 0 Å². The highest BCUT2D eigenvalue weighted by Gasteiger charge is 2.17. The number of hydrogen-bond donors (Lipinski definition) is 0. The molecule has 0 amide bonds. The molecule has 3 aromatic carbocycles. The van der Waals surface area contributed by atoms with Gasteiger partial charge in [0.1, 0.15) is 28.6 Å². The number of carbonyl (C=O) groups is 2. The molecule has 0 aromatic heterocycles. The van der Waals surface area contributed by atoms with Crippen LogP contribution < -0.4 is 18.9 Å². The maximum absolute atomic E-state index is 12.7. The first-order chi connectivity index (χ1) is 16.0. The largest absolute Gasteiger partial charge is 0.496 e. The van der Waals surface area contributed by atoms with Crippen molar-refractivity contribution in [1.29, 1.82) is 0 Å². The summed E-state index contributed by atoms with van der Waals surface area (Å²) in [4.78, 5) is 24.9. The number of esters is 2. The summed E-state index contributed by atoms with van der Waals surface area (Å²) in [5.41, 5.74) is 0.586. The minimum absolute atomic E-state index is 0.0905. The molecule has 1 unspecified atom stereocenters. The number of carbonyl (C=O) groups excluding carboxylic acids is 2. The van der Waals surface area contributed by atoms with Crippen molar-refractivity contribution >= 4 is 11.9 Å². The Morgan fingerprint density at radius 3 is 2.09 bits per heavy atom. The van der Waals surface area contributed by atoms with E-state index in [0.717, 1.165) is 6.42 Å². The van der Waals surface area contributed by atoms with Crippen LogP contribution in [0.5, 0.6) is 23.0 Å². The molecule has 0 heterocycles. The Hall–Kier alpha value is -3.84. The van der Waals surface area contributed by atoms with Crippen molar-refractivity contribution < 1.29 is 33.3 Å². The summed E-state index contributed by atoms with van der Waals surface area (Å²) < 4.78 is 27.0. The van der Waals surface area contributed by atoms with Crippen LogP contribution in [0.25, 0.3) is 0 Å². The predicted molar refractivity (Wildman–Crippen MR) is 122 cm³/mol. The van der Waals surface area contributed by atoms with E-state index in [2.05, 4.69) is 0 Å². The van der Waals surface area contributed by atoms with Crippen LogP contribution in [0.3, 0.4) is 0 Å². The van der Waals surface area contributed by atoms with Gasteiger partial charge in [-0.05, 0) is 55.5 Å². The smallest absolute Gasteiger partial charge is 0.347 e. The van der Waals surface area contributed by atoms with Crippen LogP contribution in [0.1, 0.15) is 34.1 Å². The molecule has 7 heteroatoms. The van der Waals surface area contributed by atoms with Crippen molar-refractivity contribution in [1.82, 2.24) is 0 Å². The third kappa shape index (κ3) is 6.82. The van der Waals surface area contributed by atoms with Gasteiger partial charge in [0, 0.05) is 19.6 Å². The van der Waals surface area contributed by atoms with E-state index in [-0.39, 0.29) is 17.4 Å². The van der Waals surface area contributed by atoms with E-state index < -0.39 is 11.9 Å². The Labute approximate surface area is 192 Å². The third-order valence-electron chi connectivity index (χ3n) is 4.84. The molecule has 0 aliphatic carbocycles.